The predicted octanol–water partition coefficient (Wildman–Crippen LogP) is 3.98. The number of H-pyrrole nitrogens is 1. The number of nitrogens with one attached hydrogen (secondary N) is 2. The van der Waals surface area contributed by atoms with Crippen molar-refractivity contribution in [1.82, 2.24) is 4.98 Å². The number of methoxy groups -OCH3 is 1. The third-order valence-corrected chi connectivity index (χ3v) is 4.88. The molecule has 2 heterocycles. The van der Waals surface area contributed by atoms with Crippen LogP contribution in [-0.2, 0) is 0 Å². The monoisotopic (exact) mass is 388 g/mol. The minimum atomic E-state index is -0.434. The summed E-state index contributed by atoms with van der Waals surface area (Å²) in [5.41, 5.74) is 3.04. The Labute approximate surface area is 168 Å². The fourth-order valence-electron chi connectivity index (χ4n) is 3.42. The number of nitrogens with zero attached hydrogens (tertiary/aromatic N) is 1. The Kier molecular flexibility index (Phi) is 4.91. The molecule has 4 rings (SSSR count). The standard InChI is InChI=1S/C23H21N3O3/c1-14-9-11-24-20(12-14)26-21(16-6-8-19(29-2)18(27)13-16)17-7-5-15-4-3-10-25-22(15)23(17)28/h3-13,21,27-28H,1-2H3,(H,24,26)/p+1/t21-/m0/s1. The van der Waals surface area contributed by atoms with E-state index in [1.165, 1.54) is 7.11 Å². The van der Waals surface area contributed by atoms with Gasteiger partial charge in [0.1, 0.15) is 17.3 Å². The highest BCUT2D eigenvalue weighted by Crippen LogP contribution is 2.38. The lowest BCUT2D eigenvalue weighted by molar-refractivity contribution is -0.361. The smallest absolute Gasteiger partial charge is 0.273 e. The predicted molar refractivity (Wildman–Crippen MR) is 111 cm³/mol. The molecule has 0 amide bonds. The largest absolute Gasteiger partial charge is 0.505 e. The lowest BCUT2D eigenvalue weighted by Crippen LogP contribution is -2.19. The van der Waals surface area contributed by atoms with Crippen molar-refractivity contribution in [3.63, 3.8) is 0 Å². The van der Waals surface area contributed by atoms with E-state index in [1.807, 2.05) is 55.6 Å². The molecule has 6 nitrogen and oxygen atoms in total. The molecule has 1 atom stereocenters. The van der Waals surface area contributed by atoms with Crippen LogP contribution in [0.1, 0.15) is 22.7 Å². The van der Waals surface area contributed by atoms with E-state index in [4.69, 9.17) is 4.74 Å². The molecular formula is C23H22N3O3+. The number of aromatic nitrogens is 2. The normalized spacial score (nSPS) is 11.9. The Balaban J connectivity index is 1.86. The first-order valence-corrected chi connectivity index (χ1v) is 9.25. The number of aromatic hydroxyl groups is 2. The molecule has 0 saturated heterocycles. The maximum atomic E-state index is 11.0. The van der Waals surface area contributed by atoms with Crippen LogP contribution < -0.4 is 15.0 Å². The number of phenolic OH excluding ortho intramolecular Hbond substituents is 2. The van der Waals surface area contributed by atoms with Gasteiger partial charge in [-0.2, -0.15) is 0 Å². The van der Waals surface area contributed by atoms with Crippen LogP contribution in [0.4, 0.5) is 5.82 Å². The Morgan fingerprint density at radius 3 is 2.69 bits per heavy atom. The van der Waals surface area contributed by atoms with Crippen LogP contribution in [0.2, 0.25) is 0 Å². The summed E-state index contributed by atoms with van der Waals surface area (Å²) in [6.45, 7) is 2.00. The summed E-state index contributed by atoms with van der Waals surface area (Å²) in [6.07, 6.45) is 3.50. The van der Waals surface area contributed by atoms with Crippen LogP contribution in [0.15, 0.2) is 67.0 Å². The summed E-state index contributed by atoms with van der Waals surface area (Å²) < 4.78 is 5.16. The molecule has 0 aliphatic carbocycles. The highest BCUT2D eigenvalue weighted by Gasteiger charge is 2.25. The van der Waals surface area contributed by atoms with Gasteiger partial charge in [-0.1, -0.05) is 18.2 Å². The lowest BCUT2D eigenvalue weighted by Gasteiger charge is -2.18. The van der Waals surface area contributed by atoms with E-state index < -0.39 is 6.04 Å². The minimum Gasteiger partial charge on any atom is -0.505 e. The van der Waals surface area contributed by atoms with Gasteiger partial charge in [0.25, 0.3) is 5.82 Å². The van der Waals surface area contributed by atoms with E-state index in [2.05, 4.69) is 15.3 Å². The number of ether oxygens (including phenoxy) is 1. The summed E-state index contributed by atoms with van der Waals surface area (Å²) in [4.78, 5) is 7.51. The lowest BCUT2D eigenvalue weighted by atomic mass is 9.95. The van der Waals surface area contributed by atoms with E-state index in [-0.39, 0.29) is 11.5 Å². The van der Waals surface area contributed by atoms with Crippen LogP contribution in [0.25, 0.3) is 10.9 Å². The summed E-state index contributed by atoms with van der Waals surface area (Å²) >= 11 is 0. The quantitative estimate of drug-likeness (QED) is 0.481. The molecular weight excluding hydrogens is 366 g/mol. The van der Waals surface area contributed by atoms with Crippen molar-refractivity contribution in [2.24, 2.45) is 0 Å². The van der Waals surface area contributed by atoms with Gasteiger partial charge >= 0.3 is 0 Å². The minimum absolute atomic E-state index is 0.0309. The average molecular weight is 388 g/mol. The van der Waals surface area contributed by atoms with E-state index in [0.29, 0.717) is 16.8 Å². The van der Waals surface area contributed by atoms with Crippen molar-refractivity contribution >= 4 is 16.7 Å². The third kappa shape index (κ3) is 3.65. The van der Waals surface area contributed by atoms with Gasteiger partial charge in [0.05, 0.1) is 13.3 Å². The second-order valence-corrected chi connectivity index (χ2v) is 6.87. The molecule has 146 valence electrons. The number of aromatic amines is 1. The molecule has 4 aromatic rings. The second-order valence-electron chi connectivity index (χ2n) is 6.87. The van der Waals surface area contributed by atoms with Gasteiger partial charge in [-0.25, -0.2) is 4.98 Å². The SMILES string of the molecule is COc1ccc([C@H](Nc2cc(C)cc[nH+]2)c2ccc3cccnc3c2O)cc1O. The van der Waals surface area contributed by atoms with Crippen molar-refractivity contribution in [3.05, 3.63) is 83.7 Å². The third-order valence-electron chi connectivity index (χ3n) is 4.88. The number of hydrogen-bond donors (Lipinski definition) is 3. The zero-order valence-corrected chi connectivity index (χ0v) is 16.2. The number of aryl methyl sites for hydroxylation is 1. The average Bonchev–Trinajstić information content (AvgIpc) is 2.73. The molecule has 29 heavy (non-hydrogen) atoms. The molecule has 0 aliphatic rings. The number of benzene rings is 2. The van der Waals surface area contributed by atoms with E-state index in [0.717, 1.165) is 22.3 Å². The fourth-order valence-corrected chi connectivity index (χ4v) is 3.42. The summed E-state index contributed by atoms with van der Waals surface area (Å²) in [6, 6.07) is 16.2. The number of phenols is 2. The fraction of sp³-hybridized carbons (Fsp3) is 0.130. The molecule has 4 N–H and O–H groups in total. The van der Waals surface area contributed by atoms with Gasteiger partial charge in [0, 0.05) is 28.8 Å². The Morgan fingerprint density at radius 2 is 1.93 bits per heavy atom. The van der Waals surface area contributed by atoms with Gasteiger partial charge in [0.2, 0.25) is 0 Å². The van der Waals surface area contributed by atoms with Gasteiger partial charge in [-0.15, -0.1) is 0 Å². The number of anilines is 1. The van der Waals surface area contributed by atoms with Crippen molar-refractivity contribution in [1.29, 1.82) is 0 Å². The molecule has 0 fully saturated rings. The summed E-state index contributed by atoms with van der Waals surface area (Å²) in [5, 5.41) is 25.6. The Morgan fingerprint density at radius 1 is 1.07 bits per heavy atom. The van der Waals surface area contributed by atoms with E-state index >= 15 is 0 Å². The molecule has 0 radical (unpaired) electrons. The second kappa shape index (κ2) is 7.67. The first kappa shape index (κ1) is 18.6. The number of fused-ring (bicyclic) bond motifs is 1. The van der Waals surface area contributed by atoms with Crippen LogP contribution >= 0.6 is 0 Å². The van der Waals surface area contributed by atoms with Crippen molar-refractivity contribution in [3.8, 4) is 17.2 Å². The van der Waals surface area contributed by atoms with Crippen LogP contribution in [0, 0.1) is 6.92 Å². The van der Waals surface area contributed by atoms with E-state index in [1.54, 1.807) is 18.3 Å². The number of rotatable bonds is 5. The van der Waals surface area contributed by atoms with Crippen LogP contribution in [0.3, 0.4) is 0 Å². The maximum absolute atomic E-state index is 11.0. The van der Waals surface area contributed by atoms with Crippen LogP contribution in [0.5, 0.6) is 17.2 Å². The van der Waals surface area contributed by atoms with Crippen LogP contribution in [-0.4, -0.2) is 22.3 Å². The van der Waals surface area contributed by atoms with Crippen molar-refractivity contribution in [2.75, 3.05) is 12.4 Å². The van der Waals surface area contributed by atoms with E-state index in [9.17, 15) is 10.2 Å². The molecule has 6 heteroatoms. The zero-order chi connectivity index (χ0) is 20.4. The van der Waals surface area contributed by atoms with Gasteiger partial charge in [-0.05, 0) is 42.8 Å². The molecule has 0 unspecified atom stereocenters. The Bertz CT molecular complexity index is 1180. The number of hydrogen-bond acceptors (Lipinski definition) is 5. The molecule has 2 aromatic carbocycles. The highest BCUT2D eigenvalue weighted by molar-refractivity contribution is 5.86. The maximum Gasteiger partial charge on any atom is 0.273 e. The molecule has 0 saturated carbocycles. The summed E-state index contributed by atoms with van der Waals surface area (Å²) in [5.74, 6) is 1.30. The van der Waals surface area contributed by atoms with Gasteiger partial charge in [-0.3, -0.25) is 10.3 Å². The zero-order valence-electron chi connectivity index (χ0n) is 16.2. The summed E-state index contributed by atoms with van der Waals surface area (Å²) in [7, 11) is 1.51. The molecule has 0 spiro atoms. The first-order chi connectivity index (χ1) is 14.1. The van der Waals surface area contributed by atoms with Crippen molar-refractivity contribution in [2.45, 2.75) is 13.0 Å². The van der Waals surface area contributed by atoms with Gasteiger partial charge in [0.15, 0.2) is 11.5 Å². The Hall–Kier alpha value is -3.80. The molecule has 0 aliphatic heterocycles. The van der Waals surface area contributed by atoms with Gasteiger partial charge < -0.3 is 14.9 Å². The van der Waals surface area contributed by atoms with Crippen molar-refractivity contribution < 1.29 is 19.9 Å². The first-order valence-electron chi connectivity index (χ1n) is 9.25. The number of pyridine rings is 2. The highest BCUT2D eigenvalue weighted by atomic mass is 16.5. The molecule has 2 aromatic heterocycles. The molecule has 0 bridgehead atoms. The topological polar surface area (TPSA) is 88.8 Å².